The molecule has 0 saturated carbocycles. The summed E-state index contributed by atoms with van der Waals surface area (Å²) < 4.78 is 28.9. The van der Waals surface area contributed by atoms with Crippen LogP contribution in [0, 0.1) is 6.85 Å². The fraction of sp³-hybridized carbons (Fsp3) is 0.143. The van der Waals surface area contributed by atoms with Crippen molar-refractivity contribution in [3.63, 3.8) is 0 Å². The van der Waals surface area contributed by atoms with Crippen molar-refractivity contribution >= 4 is 11.0 Å². The van der Waals surface area contributed by atoms with Crippen molar-refractivity contribution in [3.05, 3.63) is 217 Å². The summed E-state index contributed by atoms with van der Waals surface area (Å²) in [6, 6.07) is 65.4. The zero-order chi connectivity index (χ0) is 49.0. The fourth-order valence-corrected chi connectivity index (χ4v) is 9.05. The Bertz CT molecular complexity index is 3530. The molecule has 0 bridgehead atoms. The standard InChI is InChI=1S/C63H55N3O/c1-41-35-58(55(40-54(41)45-19-12-9-13-20-45)46-29-31-50(32-30-46)62(2,3)4)66-57-23-16-22-52(60(57)65-61(66)53-21-14-15-24-59(53)67)48-36-49(38-51(37-48)63(5,6)7)56-39-47(33-34-64-56)44-27-25-43(26-28-44)42-17-10-8-11-18-42/h8-40,67H,1-7H3/i1D3. The van der Waals surface area contributed by atoms with Gasteiger partial charge in [0.1, 0.15) is 11.6 Å². The number of aromatic nitrogens is 3. The molecule has 0 amide bonds. The topological polar surface area (TPSA) is 50.9 Å². The fourth-order valence-electron chi connectivity index (χ4n) is 9.05. The summed E-state index contributed by atoms with van der Waals surface area (Å²) in [5.74, 6) is 0.545. The van der Waals surface area contributed by atoms with Gasteiger partial charge < -0.3 is 5.11 Å². The number of aryl methyl sites for hydroxylation is 1. The first-order valence-corrected chi connectivity index (χ1v) is 22.9. The molecule has 0 saturated heterocycles. The first-order valence-electron chi connectivity index (χ1n) is 24.4. The highest BCUT2D eigenvalue weighted by Crippen LogP contribution is 2.43. The predicted molar refractivity (Wildman–Crippen MR) is 281 cm³/mol. The average Bonchev–Trinajstić information content (AvgIpc) is 3.75. The molecule has 67 heavy (non-hydrogen) atoms. The summed E-state index contributed by atoms with van der Waals surface area (Å²) in [7, 11) is 0. The molecule has 10 rings (SSSR count). The van der Waals surface area contributed by atoms with E-state index >= 15 is 0 Å². The zero-order valence-electron chi connectivity index (χ0n) is 41.8. The quantitative estimate of drug-likeness (QED) is 0.165. The number of phenols is 1. The van der Waals surface area contributed by atoms with Crippen LogP contribution >= 0.6 is 0 Å². The number of para-hydroxylation sites is 2. The Hall–Kier alpha value is -7.82. The molecule has 8 aromatic carbocycles. The molecule has 0 unspecified atom stereocenters. The highest BCUT2D eigenvalue weighted by molar-refractivity contribution is 5.98. The van der Waals surface area contributed by atoms with Crippen LogP contribution in [0.3, 0.4) is 0 Å². The van der Waals surface area contributed by atoms with E-state index in [1.165, 1.54) is 11.1 Å². The van der Waals surface area contributed by atoms with Crippen LogP contribution in [0.4, 0.5) is 0 Å². The lowest BCUT2D eigenvalue weighted by atomic mass is 9.83. The minimum absolute atomic E-state index is 0.0614. The number of hydrogen-bond acceptors (Lipinski definition) is 3. The Morgan fingerprint density at radius 3 is 1.70 bits per heavy atom. The van der Waals surface area contributed by atoms with Crippen molar-refractivity contribution in [2.24, 2.45) is 0 Å². The molecule has 0 aliphatic carbocycles. The lowest BCUT2D eigenvalue weighted by molar-refractivity contribution is 0.477. The number of fused-ring (bicyclic) bond motifs is 1. The molecule has 2 heterocycles. The number of rotatable bonds is 8. The van der Waals surface area contributed by atoms with E-state index < -0.39 is 6.85 Å². The molecule has 0 atom stereocenters. The van der Waals surface area contributed by atoms with E-state index in [1.807, 2.05) is 83.6 Å². The van der Waals surface area contributed by atoms with Gasteiger partial charge in [0.05, 0.1) is 28.0 Å². The number of benzene rings is 8. The molecule has 0 aliphatic rings. The molecule has 0 radical (unpaired) electrons. The van der Waals surface area contributed by atoms with Crippen molar-refractivity contribution in [2.45, 2.75) is 59.2 Å². The second kappa shape index (κ2) is 17.2. The number of phenolic OH excluding ortho intramolecular Hbond substituents is 1. The van der Waals surface area contributed by atoms with E-state index in [4.69, 9.17) is 14.1 Å². The first-order chi connectivity index (χ1) is 33.5. The second-order valence-corrected chi connectivity index (χ2v) is 19.5. The van der Waals surface area contributed by atoms with Crippen LogP contribution in [-0.2, 0) is 10.8 Å². The van der Waals surface area contributed by atoms with Crippen molar-refractivity contribution in [2.75, 3.05) is 0 Å². The largest absolute Gasteiger partial charge is 0.507 e. The Balaban J connectivity index is 1.20. The molecular weight excluding hydrogens is 815 g/mol. The summed E-state index contributed by atoms with van der Waals surface area (Å²) >= 11 is 0. The van der Waals surface area contributed by atoms with Gasteiger partial charge in [0, 0.05) is 27.0 Å². The van der Waals surface area contributed by atoms with Gasteiger partial charge in [-0.25, -0.2) is 4.98 Å². The number of nitrogens with zero attached hydrogens (tertiary/aromatic N) is 3. The van der Waals surface area contributed by atoms with Gasteiger partial charge in [-0.3, -0.25) is 9.55 Å². The maximum absolute atomic E-state index is 11.6. The zero-order valence-corrected chi connectivity index (χ0v) is 38.8. The molecule has 328 valence electrons. The molecule has 0 fully saturated rings. The number of pyridine rings is 1. The number of imidazole rings is 1. The van der Waals surface area contributed by atoms with E-state index in [0.717, 1.165) is 66.8 Å². The van der Waals surface area contributed by atoms with Crippen LogP contribution in [0.25, 0.3) is 95.0 Å². The Morgan fingerprint density at radius 1 is 0.448 bits per heavy atom. The van der Waals surface area contributed by atoms with Gasteiger partial charge in [-0.05, 0) is 133 Å². The highest BCUT2D eigenvalue weighted by atomic mass is 16.3. The maximum Gasteiger partial charge on any atom is 0.149 e. The monoisotopic (exact) mass is 872 g/mol. The van der Waals surface area contributed by atoms with E-state index in [-0.39, 0.29) is 22.1 Å². The normalized spacial score (nSPS) is 12.7. The number of aromatic hydroxyl groups is 1. The predicted octanol–water partition coefficient (Wildman–Crippen LogP) is 16.7. The molecule has 0 spiro atoms. The molecule has 4 nitrogen and oxygen atoms in total. The summed E-state index contributed by atoms with van der Waals surface area (Å²) in [6.45, 7) is 10.8. The molecule has 10 aromatic rings. The van der Waals surface area contributed by atoms with Gasteiger partial charge in [0.25, 0.3) is 0 Å². The number of hydrogen-bond donors (Lipinski definition) is 1. The van der Waals surface area contributed by atoms with Gasteiger partial charge in [0.15, 0.2) is 0 Å². The van der Waals surface area contributed by atoms with Crippen LogP contribution < -0.4 is 0 Å². The SMILES string of the molecule is [2H]C([2H])([2H])c1cc(-n2c(-c3ccccc3O)nc3c(-c4cc(-c5cc(-c6ccc(-c7ccccc7)cc6)ccn5)cc(C(C)(C)C)c4)cccc32)c(-c2ccc(C(C)(C)C)cc2)cc1-c1ccccc1. The van der Waals surface area contributed by atoms with Crippen molar-refractivity contribution in [1.29, 1.82) is 0 Å². The van der Waals surface area contributed by atoms with Gasteiger partial charge in [0.2, 0.25) is 0 Å². The minimum atomic E-state index is -2.47. The lowest BCUT2D eigenvalue weighted by Crippen LogP contribution is -2.11. The lowest BCUT2D eigenvalue weighted by Gasteiger charge is -2.22. The Kier molecular flexibility index (Phi) is 10.1. The van der Waals surface area contributed by atoms with Gasteiger partial charge in [-0.1, -0.05) is 181 Å². The van der Waals surface area contributed by atoms with Crippen molar-refractivity contribution in [3.8, 4) is 89.7 Å². The third-order valence-corrected chi connectivity index (χ3v) is 12.8. The minimum Gasteiger partial charge on any atom is -0.507 e. The molecular formula is C63H55N3O. The molecule has 0 aliphatic heterocycles. The van der Waals surface area contributed by atoms with Crippen molar-refractivity contribution < 1.29 is 9.22 Å². The third kappa shape index (κ3) is 8.48. The molecule has 4 heteroatoms. The van der Waals surface area contributed by atoms with Gasteiger partial charge in [-0.2, -0.15) is 0 Å². The Morgan fingerprint density at radius 2 is 1.03 bits per heavy atom. The Labute approximate surface area is 399 Å². The van der Waals surface area contributed by atoms with Crippen molar-refractivity contribution in [1.82, 2.24) is 14.5 Å². The summed E-state index contributed by atoms with van der Waals surface area (Å²) in [6.07, 6.45) is 1.88. The second-order valence-electron chi connectivity index (χ2n) is 19.5. The van der Waals surface area contributed by atoms with Gasteiger partial charge >= 0.3 is 0 Å². The summed E-state index contributed by atoms with van der Waals surface area (Å²) in [4.78, 5) is 10.4. The smallest absolute Gasteiger partial charge is 0.149 e. The van der Waals surface area contributed by atoms with Crippen LogP contribution in [0.5, 0.6) is 5.75 Å². The van der Waals surface area contributed by atoms with Crippen LogP contribution in [-0.4, -0.2) is 19.6 Å². The van der Waals surface area contributed by atoms with Crippen LogP contribution in [0.1, 0.15) is 62.3 Å². The van der Waals surface area contributed by atoms with E-state index in [0.29, 0.717) is 28.2 Å². The summed E-state index contributed by atoms with van der Waals surface area (Å²) in [5.41, 5.74) is 16.2. The van der Waals surface area contributed by atoms with E-state index in [9.17, 15) is 5.11 Å². The first kappa shape index (κ1) is 39.5. The molecule has 1 N–H and O–H groups in total. The van der Waals surface area contributed by atoms with E-state index in [1.54, 1.807) is 12.1 Å². The average molecular weight is 873 g/mol. The highest BCUT2D eigenvalue weighted by Gasteiger charge is 2.25. The van der Waals surface area contributed by atoms with E-state index in [2.05, 4.69) is 151 Å². The third-order valence-electron chi connectivity index (χ3n) is 12.8. The van der Waals surface area contributed by atoms with Gasteiger partial charge in [-0.15, -0.1) is 0 Å². The van der Waals surface area contributed by atoms with Crippen LogP contribution in [0.2, 0.25) is 0 Å². The maximum atomic E-state index is 11.6. The summed E-state index contributed by atoms with van der Waals surface area (Å²) in [5, 5.41) is 11.6. The molecule has 2 aromatic heterocycles. The van der Waals surface area contributed by atoms with Crippen LogP contribution in [0.15, 0.2) is 200 Å².